The Morgan fingerprint density at radius 3 is 2.42 bits per heavy atom. The van der Waals surface area contributed by atoms with Crippen LogP contribution in [0.5, 0.6) is 5.75 Å². The summed E-state index contributed by atoms with van der Waals surface area (Å²) in [6.07, 6.45) is 2.96. The highest BCUT2D eigenvalue weighted by molar-refractivity contribution is 6.30. The van der Waals surface area contributed by atoms with E-state index in [0.29, 0.717) is 0 Å². The average Bonchev–Trinajstić information content (AvgIpc) is 2.68. The Hall–Kier alpha value is -2.04. The number of hydrogen-bond acceptors (Lipinski definition) is 3. The molecule has 1 saturated heterocycles. The van der Waals surface area contributed by atoms with Gasteiger partial charge in [-0.25, -0.2) is 0 Å². The molecule has 2 aromatic carbocycles. The average molecular weight is 373 g/mol. The molecule has 0 spiro atoms. The van der Waals surface area contributed by atoms with Crippen LogP contribution in [0.2, 0.25) is 5.02 Å². The molecule has 5 heteroatoms. The van der Waals surface area contributed by atoms with Gasteiger partial charge in [0.05, 0.1) is 39.0 Å². The van der Waals surface area contributed by atoms with Crippen LogP contribution in [0.15, 0.2) is 53.6 Å². The van der Waals surface area contributed by atoms with Crippen molar-refractivity contribution in [1.82, 2.24) is 5.01 Å². The van der Waals surface area contributed by atoms with Crippen LogP contribution in [-0.2, 0) is 6.54 Å². The first-order valence-corrected chi connectivity index (χ1v) is 9.70. The van der Waals surface area contributed by atoms with Gasteiger partial charge in [0.1, 0.15) is 12.3 Å². The highest BCUT2D eigenvalue weighted by Gasteiger charge is 2.18. The summed E-state index contributed by atoms with van der Waals surface area (Å²) in [6, 6.07) is 16.3. The maximum absolute atomic E-state index is 5.95. The molecule has 1 aliphatic heterocycles. The van der Waals surface area contributed by atoms with Gasteiger partial charge < -0.3 is 9.64 Å². The molecule has 1 fully saturated rings. The molecule has 2 aromatic rings. The van der Waals surface area contributed by atoms with Gasteiger partial charge in [-0.05, 0) is 48.4 Å². The van der Waals surface area contributed by atoms with Crippen LogP contribution in [0.25, 0.3) is 0 Å². The largest absolute Gasteiger partial charge is 0.494 e. The summed E-state index contributed by atoms with van der Waals surface area (Å²) in [4.78, 5) is 1.59. The third-order valence-corrected chi connectivity index (χ3v) is 4.79. The lowest BCUT2D eigenvalue weighted by atomic mass is 10.2. The molecule has 138 valence electrons. The Kier molecular flexibility index (Phi) is 6.92. The van der Waals surface area contributed by atoms with Crippen LogP contribution in [0.1, 0.15) is 24.5 Å². The first-order chi connectivity index (χ1) is 12.7. The van der Waals surface area contributed by atoms with Gasteiger partial charge in [-0.3, -0.25) is 5.01 Å². The van der Waals surface area contributed by atoms with Gasteiger partial charge in [0.2, 0.25) is 0 Å². The smallest absolute Gasteiger partial charge is 0.119 e. The number of nitrogens with zero attached hydrogens (tertiary/aromatic N) is 2. The number of quaternary nitrogens is 1. The van der Waals surface area contributed by atoms with Crippen molar-refractivity contribution < 1.29 is 9.64 Å². The number of benzene rings is 2. The number of hydrogen-bond donors (Lipinski definition) is 1. The number of piperazine rings is 1. The standard InChI is InChI=1S/C21H26ClN3O/c1-2-15-26-21-9-5-18(6-10-21)16-23-25-13-11-24(12-14-25)17-19-3-7-20(22)8-4-19/h3-10,16H,2,11-15,17H2,1H3/p+1/b23-16-. The van der Waals surface area contributed by atoms with Crippen LogP contribution in [-0.4, -0.2) is 44.0 Å². The summed E-state index contributed by atoms with van der Waals surface area (Å²) >= 11 is 5.95. The Balaban J connectivity index is 1.44. The van der Waals surface area contributed by atoms with Crippen LogP contribution < -0.4 is 9.64 Å². The molecule has 1 heterocycles. The number of halogens is 1. The Morgan fingerprint density at radius 2 is 1.77 bits per heavy atom. The third kappa shape index (κ3) is 5.75. The highest BCUT2D eigenvalue weighted by atomic mass is 35.5. The van der Waals surface area contributed by atoms with E-state index in [2.05, 4.69) is 41.3 Å². The molecule has 0 atom stereocenters. The second-order valence-corrected chi connectivity index (χ2v) is 7.11. The molecule has 0 unspecified atom stereocenters. The monoisotopic (exact) mass is 372 g/mol. The van der Waals surface area contributed by atoms with Gasteiger partial charge in [0.25, 0.3) is 0 Å². The molecular weight excluding hydrogens is 346 g/mol. The van der Waals surface area contributed by atoms with E-state index in [1.165, 1.54) is 5.56 Å². The lowest BCUT2D eigenvalue weighted by Gasteiger charge is -2.30. The summed E-state index contributed by atoms with van der Waals surface area (Å²) in [5.74, 6) is 0.920. The zero-order chi connectivity index (χ0) is 18.2. The molecule has 0 saturated carbocycles. The van der Waals surface area contributed by atoms with E-state index in [9.17, 15) is 0 Å². The zero-order valence-electron chi connectivity index (χ0n) is 15.3. The van der Waals surface area contributed by atoms with Crippen molar-refractivity contribution in [2.45, 2.75) is 19.9 Å². The third-order valence-electron chi connectivity index (χ3n) is 4.54. The Labute approximate surface area is 161 Å². The first-order valence-electron chi connectivity index (χ1n) is 9.33. The number of ether oxygens (including phenoxy) is 1. The summed E-state index contributed by atoms with van der Waals surface area (Å²) < 4.78 is 5.61. The van der Waals surface area contributed by atoms with E-state index in [0.717, 1.165) is 62.1 Å². The van der Waals surface area contributed by atoms with Gasteiger partial charge in [-0.15, -0.1) is 0 Å². The van der Waals surface area contributed by atoms with E-state index in [1.54, 1.807) is 4.90 Å². The predicted octanol–water partition coefficient (Wildman–Crippen LogP) is 2.86. The van der Waals surface area contributed by atoms with Crippen molar-refractivity contribution >= 4 is 17.8 Å². The van der Waals surface area contributed by atoms with Crippen molar-refractivity contribution in [1.29, 1.82) is 0 Å². The molecular formula is C21H27ClN3O+. The molecule has 1 aliphatic rings. The minimum atomic E-state index is 0.760. The minimum Gasteiger partial charge on any atom is -0.494 e. The first kappa shape index (κ1) is 18.7. The molecule has 0 aliphatic carbocycles. The SMILES string of the molecule is CCCOc1ccc(/C=N\N2CC[NH+](Cc3ccc(Cl)cc3)CC2)cc1. The van der Waals surface area contributed by atoms with Crippen molar-refractivity contribution in [2.75, 3.05) is 32.8 Å². The zero-order valence-corrected chi connectivity index (χ0v) is 16.1. The molecule has 3 rings (SSSR count). The van der Waals surface area contributed by atoms with Crippen molar-refractivity contribution in [3.05, 3.63) is 64.7 Å². The number of rotatable bonds is 7. The second kappa shape index (κ2) is 9.60. The Morgan fingerprint density at radius 1 is 1.08 bits per heavy atom. The lowest BCUT2D eigenvalue weighted by molar-refractivity contribution is -0.918. The highest BCUT2D eigenvalue weighted by Crippen LogP contribution is 2.11. The quantitative estimate of drug-likeness (QED) is 0.757. The van der Waals surface area contributed by atoms with Crippen LogP contribution in [0.4, 0.5) is 0 Å². The van der Waals surface area contributed by atoms with Crippen molar-refractivity contribution in [3.8, 4) is 5.75 Å². The van der Waals surface area contributed by atoms with Crippen LogP contribution in [0.3, 0.4) is 0 Å². The predicted molar refractivity (Wildman–Crippen MR) is 107 cm³/mol. The van der Waals surface area contributed by atoms with Gasteiger partial charge >= 0.3 is 0 Å². The summed E-state index contributed by atoms with van der Waals surface area (Å²) in [7, 11) is 0. The van der Waals surface area contributed by atoms with Crippen LogP contribution in [0, 0.1) is 0 Å². The fraction of sp³-hybridized carbons (Fsp3) is 0.381. The Bertz CT molecular complexity index is 692. The van der Waals surface area contributed by atoms with Crippen molar-refractivity contribution in [3.63, 3.8) is 0 Å². The fourth-order valence-corrected chi connectivity index (χ4v) is 3.14. The fourth-order valence-electron chi connectivity index (χ4n) is 3.01. The maximum Gasteiger partial charge on any atom is 0.119 e. The molecule has 0 amide bonds. The molecule has 1 N–H and O–H groups in total. The van der Waals surface area contributed by atoms with Crippen molar-refractivity contribution in [2.24, 2.45) is 5.10 Å². The van der Waals surface area contributed by atoms with E-state index >= 15 is 0 Å². The summed E-state index contributed by atoms with van der Waals surface area (Å²) in [5, 5.41) is 7.59. The number of nitrogens with one attached hydrogen (secondary N) is 1. The molecule has 0 aromatic heterocycles. The lowest BCUT2D eigenvalue weighted by Crippen LogP contribution is -3.13. The van der Waals surface area contributed by atoms with E-state index in [4.69, 9.17) is 16.3 Å². The van der Waals surface area contributed by atoms with Gasteiger partial charge in [-0.2, -0.15) is 5.10 Å². The van der Waals surface area contributed by atoms with E-state index in [-0.39, 0.29) is 0 Å². The second-order valence-electron chi connectivity index (χ2n) is 6.67. The van der Waals surface area contributed by atoms with Gasteiger partial charge in [0, 0.05) is 10.6 Å². The molecule has 26 heavy (non-hydrogen) atoms. The topological polar surface area (TPSA) is 29.3 Å². The maximum atomic E-state index is 5.95. The van der Waals surface area contributed by atoms with E-state index < -0.39 is 0 Å². The molecule has 0 bridgehead atoms. The molecule has 0 radical (unpaired) electrons. The normalized spacial score (nSPS) is 15.5. The minimum absolute atomic E-state index is 0.760. The summed E-state index contributed by atoms with van der Waals surface area (Å²) in [5.41, 5.74) is 2.44. The van der Waals surface area contributed by atoms with E-state index in [1.807, 2.05) is 30.5 Å². The van der Waals surface area contributed by atoms with Gasteiger partial charge in [-0.1, -0.05) is 30.7 Å². The van der Waals surface area contributed by atoms with Crippen LogP contribution >= 0.6 is 11.6 Å². The summed E-state index contributed by atoms with van der Waals surface area (Å²) in [6.45, 7) is 8.09. The van der Waals surface area contributed by atoms with Gasteiger partial charge in [0.15, 0.2) is 0 Å². The number of hydrazone groups is 1. The molecule has 4 nitrogen and oxygen atoms in total.